The molecule has 0 spiro atoms. The van der Waals surface area contributed by atoms with Crippen LogP contribution in [0.1, 0.15) is 39.9 Å². The second kappa shape index (κ2) is 8.37. The molecular formula is C22H27NO3. The predicted molar refractivity (Wildman–Crippen MR) is 103 cm³/mol. The van der Waals surface area contributed by atoms with Crippen molar-refractivity contribution in [1.82, 2.24) is 4.90 Å². The van der Waals surface area contributed by atoms with Crippen LogP contribution in [0.2, 0.25) is 0 Å². The molecule has 1 amide bonds. The van der Waals surface area contributed by atoms with E-state index in [2.05, 4.69) is 6.07 Å². The van der Waals surface area contributed by atoms with E-state index >= 15 is 0 Å². The molecular weight excluding hydrogens is 326 g/mol. The Hall–Kier alpha value is -2.33. The van der Waals surface area contributed by atoms with Crippen molar-refractivity contribution in [3.05, 3.63) is 64.7 Å². The van der Waals surface area contributed by atoms with Crippen molar-refractivity contribution < 1.29 is 14.3 Å². The van der Waals surface area contributed by atoms with Gasteiger partial charge >= 0.3 is 0 Å². The Morgan fingerprint density at radius 1 is 1.23 bits per heavy atom. The molecule has 0 aromatic heterocycles. The van der Waals surface area contributed by atoms with Gasteiger partial charge in [-0.05, 0) is 44.4 Å². The lowest BCUT2D eigenvalue weighted by molar-refractivity contribution is 0.0505. The summed E-state index contributed by atoms with van der Waals surface area (Å²) in [5.41, 5.74) is 3.93. The van der Waals surface area contributed by atoms with Crippen LogP contribution in [-0.4, -0.2) is 37.2 Å². The average molecular weight is 353 g/mol. The zero-order valence-electron chi connectivity index (χ0n) is 15.8. The molecule has 4 heteroatoms. The Bertz CT molecular complexity index is 766. The lowest BCUT2D eigenvalue weighted by Gasteiger charge is -2.27. The van der Waals surface area contributed by atoms with E-state index in [0.717, 1.165) is 47.5 Å². The van der Waals surface area contributed by atoms with Crippen molar-refractivity contribution in [3.63, 3.8) is 0 Å². The first-order valence-electron chi connectivity index (χ1n) is 9.18. The van der Waals surface area contributed by atoms with Crippen molar-refractivity contribution in [3.8, 4) is 5.75 Å². The molecule has 1 heterocycles. The molecule has 1 atom stereocenters. The first-order chi connectivity index (χ1) is 12.6. The molecule has 2 aromatic carbocycles. The number of benzene rings is 2. The van der Waals surface area contributed by atoms with Crippen molar-refractivity contribution >= 4 is 5.91 Å². The molecule has 2 aromatic rings. The van der Waals surface area contributed by atoms with Crippen LogP contribution in [0.3, 0.4) is 0 Å². The van der Waals surface area contributed by atoms with Gasteiger partial charge in [0.25, 0.3) is 5.91 Å². The maximum atomic E-state index is 13.3. The van der Waals surface area contributed by atoms with Crippen LogP contribution < -0.4 is 4.74 Å². The van der Waals surface area contributed by atoms with E-state index in [9.17, 15) is 4.79 Å². The van der Waals surface area contributed by atoms with E-state index in [1.54, 1.807) is 7.11 Å². The van der Waals surface area contributed by atoms with Gasteiger partial charge in [-0.2, -0.15) is 0 Å². The Morgan fingerprint density at radius 3 is 2.73 bits per heavy atom. The second-order valence-electron chi connectivity index (χ2n) is 6.95. The maximum Gasteiger partial charge on any atom is 0.254 e. The van der Waals surface area contributed by atoms with Crippen LogP contribution >= 0.6 is 0 Å². The van der Waals surface area contributed by atoms with Gasteiger partial charge in [-0.15, -0.1) is 0 Å². The smallest absolute Gasteiger partial charge is 0.254 e. The summed E-state index contributed by atoms with van der Waals surface area (Å²) < 4.78 is 11.3. The highest BCUT2D eigenvalue weighted by molar-refractivity contribution is 5.95. The third kappa shape index (κ3) is 4.25. The van der Waals surface area contributed by atoms with Gasteiger partial charge < -0.3 is 14.4 Å². The van der Waals surface area contributed by atoms with Gasteiger partial charge in [-0.1, -0.05) is 35.9 Å². The third-order valence-electron chi connectivity index (χ3n) is 4.90. The fourth-order valence-electron chi connectivity index (χ4n) is 3.52. The molecule has 138 valence electrons. The molecule has 0 saturated carbocycles. The predicted octanol–water partition coefficient (Wildman–Crippen LogP) is 4.13. The van der Waals surface area contributed by atoms with Gasteiger partial charge in [-0.3, -0.25) is 4.79 Å². The Morgan fingerprint density at radius 2 is 2.04 bits per heavy atom. The van der Waals surface area contributed by atoms with Gasteiger partial charge in [0.1, 0.15) is 5.75 Å². The summed E-state index contributed by atoms with van der Waals surface area (Å²) in [6.07, 6.45) is 2.17. The topological polar surface area (TPSA) is 38.8 Å². The van der Waals surface area contributed by atoms with Crippen LogP contribution in [0, 0.1) is 13.8 Å². The summed E-state index contributed by atoms with van der Waals surface area (Å²) in [6, 6.07) is 13.8. The summed E-state index contributed by atoms with van der Waals surface area (Å²) in [5.74, 6) is 0.849. The number of carbonyl (C=O) groups excluding carboxylic acids is 1. The Labute approximate surface area is 155 Å². The molecule has 1 aliphatic rings. The standard InChI is InChI=1S/C22H27NO3/c1-16-10-11-20(17(2)13-16)22(24)23(15-19-8-6-12-26-19)14-18-7-4-5-9-21(18)25-3/h4-5,7,9-11,13,19H,6,8,12,14-15H2,1-3H3. The van der Waals surface area contributed by atoms with E-state index in [1.165, 1.54) is 0 Å². The van der Waals surface area contributed by atoms with E-state index in [1.807, 2.05) is 55.1 Å². The number of amides is 1. The van der Waals surface area contributed by atoms with Crippen molar-refractivity contribution in [2.45, 2.75) is 39.3 Å². The lowest BCUT2D eigenvalue weighted by atomic mass is 10.0. The van der Waals surface area contributed by atoms with Crippen molar-refractivity contribution in [2.24, 2.45) is 0 Å². The number of methoxy groups -OCH3 is 1. The minimum atomic E-state index is 0.0453. The number of rotatable bonds is 6. The fraction of sp³-hybridized carbons (Fsp3) is 0.409. The lowest BCUT2D eigenvalue weighted by Crippen LogP contribution is -2.37. The highest BCUT2D eigenvalue weighted by Gasteiger charge is 2.25. The molecule has 1 fully saturated rings. The van der Waals surface area contributed by atoms with E-state index in [-0.39, 0.29) is 12.0 Å². The average Bonchev–Trinajstić information content (AvgIpc) is 3.14. The number of carbonyl (C=O) groups is 1. The second-order valence-corrected chi connectivity index (χ2v) is 6.95. The van der Waals surface area contributed by atoms with Gasteiger partial charge in [0, 0.05) is 30.8 Å². The Kier molecular flexibility index (Phi) is 5.94. The number of ether oxygens (including phenoxy) is 2. The molecule has 1 saturated heterocycles. The van der Waals surface area contributed by atoms with Gasteiger partial charge in [-0.25, -0.2) is 0 Å². The molecule has 0 bridgehead atoms. The largest absolute Gasteiger partial charge is 0.496 e. The zero-order valence-corrected chi connectivity index (χ0v) is 15.8. The third-order valence-corrected chi connectivity index (χ3v) is 4.90. The first kappa shape index (κ1) is 18.5. The van der Waals surface area contributed by atoms with Crippen LogP contribution in [0.15, 0.2) is 42.5 Å². The minimum absolute atomic E-state index is 0.0453. The summed E-state index contributed by atoms with van der Waals surface area (Å²) in [4.78, 5) is 15.2. The minimum Gasteiger partial charge on any atom is -0.496 e. The summed E-state index contributed by atoms with van der Waals surface area (Å²) in [5, 5.41) is 0. The molecule has 0 aliphatic carbocycles. The van der Waals surface area contributed by atoms with Crippen LogP contribution in [0.5, 0.6) is 5.75 Å². The fourth-order valence-corrected chi connectivity index (χ4v) is 3.52. The summed E-state index contributed by atoms with van der Waals surface area (Å²) >= 11 is 0. The molecule has 1 unspecified atom stereocenters. The Balaban J connectivity index is 1.87. The maximum absolute atomic E-state index is 13.3. The molecule has 0 N–H and O–H groups in total. The van der Waals surface area contributed by atoms with Crippen LogP contribution in [0.25, 0.3) is 0 Å². The SMILES string of the molecule is COc1ccccc1CN(CC1CCCO1)C(=O)c1ccc(C)cc1C. The number of aryl methyl sites for hydroxylation is 2. The zero-order chi connectivity index (χ0) is 18.5. The van der Waals surface area contributed by atoms with Crippen LogP contribution in [-0.2, 0) is 11.3 Å². The van der Waals surface area contributed by atoms with Crippen molar-refractivity contribution in [1.29, 1.82) is 0 Å². The van der Waals surface area contributed by atoms with Gasteiger partial charge in [0.15, 0.2) is 0 Å². The van der Waals surface area contributed by atoms with E-state index in [0.29, 0.717) is 13.1 Å². The monoisotopic (exact) mass is 353 g/mol. The summed E-state index contributed by atoms with van der Waals surface area (Å²) in [6.45, 7) is 5.93. The number of para-hydroxylation sites is 1. The van der Waals surface area contributed by atoms with Crippen LogP contribution in [0.4, 0.5) is 0 Å². The quantitative estimate of drug-likeness (QED) is 0.784. The highest BCUT2D eigenvalue weighted by atomic mass is 16.5. The molecule has 26 heavy (non-hydrogen) atoms. The number of hydrogen-bond donors (Lipinski definition) is 0. The molecule has 0 radical (unpaired) electrons. The first-order valence-corrected chi connectivity index (χ1v) is 9.18. The molecule has 3 rings (SSSR count). The van der Waals surface area contributed by atoms with Crippen molar-refractivity contribution in [2.75, 3.05) is 20.3 Å². The van der Waals surface area contributed by atoms with Gasteiger partial charge in [0.2, 0.25) is 0 Å². The molecule has 1 aliphatic heterocycles. The van der Waals surface area contributed by atoms with E-state index < -0.39 is 0 Å². The number of nitrogens with zero attached hydrogens (tertiary/aromatic N) is 1. The molecule has 4 nitrogen and oxygen atoms in total. The summed E-state index contributed by atoms with van der Waals surface area (Å²) in [7, 11) is 1.66. The van der Waals surface area contributed by atoms with E-state index in [4.69, 9.17) is 9.47 Å². The normalized spacial score (nSPS) is 16.5. The van der Waals surface area contributed by atoms with Gasteiger partial charge in [0.05, 0.1) is 13.2 Å². The highest BCUT2D eigenvalue weighted by Crippen LogP contribution is 2.23. The number of hydrogen-bond acceptors (Lipinski definition) is 3.